The van der Waals surface area contributed by atoms with E-state index in [-0.39, 0.29) is 6.04 Å². The highest BCUT2D eigenvalue weighted by Crippen LogP contribution is 2.27. The quantitative estimate of drug-likeness (QED) is 0.776. The highest BCUT2D eigenvalue weighted by atomic mass is 79.9. The Bertz CT molecular complexity index is 630. The zero-order chi connectivity index (χ0) is 15.4. The van der Waals surface area contributed by atoms with Gasteiger partial charge in [-0.25, -0.2) is 0 Å². The van der Waals surface area contributed by atoms with Gasteiger partial charge in [-0.05, 0) is 43.7 Å². The van der Waals surface area contributed by atoms with Gasteiger partial charge in [-0.2, -0.15) is 0 Å². The van der Waals surface area contributed by atoms with Crippen molar-refractivity contribution in [2.75, 3.05) is 7.11 Å². The number of aryl methyl sites for hydroxylation is 1. The van der Waals surface area contributed by atoms with Gasteiger partial charge in [0.25, 0.3) is 0 Å². The van der Waals surface area contributed by atoms with Gasteiger partial charge < -0.3 is 10.1 Å². The molecule has 1 N–H and O–H groups in total. The zero-order valence-electron chi connectivity index (χ0n) is 12.4. The molecule has 1 unspecified atom stereocenters. The summed E-state index contributed by atoms with van der Waals surface area (Å²) >= 11 is 9.70. The molecule has 2 nitrogen and oxygen atoms in total. The Labute approximate surface area is 139 Å². The maximum atomic E-state index is 6.22. The molecule has 0 radical (unpaired) electrons. The normalized spacial score (nSPS) is 12.2. The third-order valence-corrected chi connectivity index (χ3v) is 4.32. The highest BCUT2D eigenvalue weighted by Gasteiger charge is 2.12. The predicted molar refractivity (Wildman–Crippen MR) is 92.1 cm³/mol. The van der Waals surface area contributed by atoms with Crippen LogP contribution in [0, 0.1) is 6.92 Å². The molecule has 0 fully saturated rings. The molecule has 0 amide bonds. The number of halogens is 2. The minimum Gasteiger partial charge on any atom is -0.496 e. The van der Waals surface area contributed by atoms with Crippen LogP contribution in [0.5, 0.6) is 5.75 Å². The lowest BCUT2D eigenvalue weighted by Gasteiger charge is -2.18. The van der Waals surface area contributed by atoms with E-state index < -0.39 is 0 Å². The Balaban J connectivity index is 2.13. The molecule has 2 aromatic carbocycles. The van der Waals surface area contributed by atoms with E-state index >= 15 is 0 Å². The van der Waals surface area contributed by atoms with E-state index in [9.17, 15) is 0 Å². The van der Waals surface area contributed by atoms with Gasteiger partial charge >= 0.3 is 0 Å². The molecule has 2 rings (SSSR count). The van der Waals surface area contributed by atoms with E-state index in [4.69, 9.17) is 16.3 Å². The Kier molecular flexibility index (Phi) is 5.68. The van der Waals surface area contributed by atoms with Crippen molar-refractivity contribution in [1.29, 1.82) is 0 Å². The molecule has 0 aliphatic rings. The molecule has 112 valence electrons. The first-order chi connectivity index (χ1) is 10.0. The van der Waals surface area contributed by atoms with Crippen molar-refractivity contribution < 1.29 is 4.74 Å². The fraction of sp³-hybridized carbons (Fsp3) is 0.294. The molecule has 4 heteroatoms. The maximum absolute atomic E-state index is 6.22. The first-order valence-electron chi connectivity index (χ1n) is 6.83. The van der Waals surface area contributed by atoms with Crippen LogP contribution in [0.15, 0.2) is 40.9 Å². The highest BCUT2D eigenvalue weighted by molar-refractivity contribution is 9.10. The number of ether oxygens (including phenoxy) is 1. The van der Waals surface area contributed by atoms with Gasteiger partial charge in [0.15, 0.2) is 0 Å². The molecule has 0 spiro atoms. The summed E-state index contributed by atoms with van der Waals surface area (Å²) in [6.45, 7) is 4.92. The van der Waals surface area contributed by atoms with Gasteiger partial charge in [0, 0.05) is 27.6 Å². The molecule has 1 atom stereocenters. The second-order valence-corrected chi connectivity index (χ2v) is 6.41. The molecule has 0 aliphatic heterocycles. The van der Waals surface area contributed by atoms with E-state index in [2.05, 4.69) is 47.2 Å². The molecule has 0 aromatic heterocycles. The smallest absolute Gasteiger partial charge is 0.123 e. The van der Waals surface area contributed by atoms with Gasteiger partial charge in [-0.1, -0.05) is 45.2 Å². The molecular formula is C17H19BrClNO. The van der Waals surface area contributed by atoms with E-state index in [1.165, 1.54) is 5.56 Å². The van der Waals surface area contributed by atoms with Crippen molar-refractivity contribution in [3.63, 3.8) is 0 Å². The fourth-order valence-electron chi connectivity index (χ4n) is 2.24. The fourth-order valence-corrected chi connectivity index (χ4v) is 2.84. The number of hydrogen-bond acceptors (Lipinski definition) is 2. The Hall–Kier alpha value is -1.03. The minimum atomic E-state index is 0.176. The summed E-state index contributed by atoms with van der Waals surface area (Å²) in [5, 5.41) is 4.27. The van der Waals surface area contributed by atoms with Gasteiger partial charge in [0.2, 0.25) is 0 Å². The summed E-state index contributed by atoms with van der Waals surface area (Å²) < 4.78 is 6.47. The van der Waals surface area contributed by atoms with Crippen LogP contribution in [-0.4, -0.2) is 7.11 Å². The van der Waals surface area contributed by atoms with Gasteiger partial charge in [-0.3, -0.25) is 0 Å². The SMILES string of the molecule is COc1ccc(C)cc1C(C)NCc1cc(Br)ccc1Cl. The van der Waals surface area contributed by atoms with Crippen molar-refractivity contribution in [1.82, 2.24) is 5.32 Å². The van der Waals surface area contributed by atoms with Crippen molar-refractivity contribution in [2.45, 2.75) is 26.4 Å². The number of hydrogen-bond donors (Lipinski definition) is 1. The summed E-state index contributed by atoms with van der Waals surface area (Å²) in [6, 6.07) is 12.3. The number of nitrogens with one attached hydrogen (secondary N) is 1. The van der Waals surface area contributed by atoms with E-state index in [0.717, 1.165) is 26.4 Å². The lowest BCUT2D eigenvalue weighted by molar-refractivity contribution is 0.401. The third kappa shape index (κ3) is 4.22. The van der Waals surface area contributed by atoms with Crippen molar-refractivity contribution in [2.24, 2.45) is 0 Å². The van der Waals surface area contributed by atoms with Crippen molar-refractivity contribution in [3.8, 4) is 5.75 Å². The second-order valence-electron chi connectivity index (χ2n) is 5.08. The molecule has 2 aromatic rings. The molecule has 0 saturated heterocycles. The van der Waals surface area contributed by atoms with Crippen molar-refractivity contribution in [3.05, 3.63) is 62.6 Å². The lowest BCUT2D eigenvalue weighted by atomic mass is 10.0. The van der Waals surface area contributed by atoms with Crippen LogP contribution in [0.3, 0.4) is 0 Å². The van der Waals surface area contributed by atoms with Crippen molar-refractivity contribution >= 4 is 27.5 Å². The second kappa shape index (κ2) is 7.30. The Morgan fingerprint density at radius 2 is 2.00 bits per heavy atom. The summed E-state index contributed by atoms with van der Waals surface area (Å²) in [4.78, 5) is 0. The van der Waals surface area contributed by atoms with Crippen LogP contribution in [0.2, 0.25) is 5.02 Å². The van der Waals surface area contributed by atoms with Crippen LogP contribution in [0.25, 0.3) is 0 Å². The van der Waals surface area contributed by atoms with Crippen LogP contribution in [0.1, 0.15) is 29.7 Å². The van der Waals surface area contributed by atoms with Crippen LogP contribution in [0.4, 0.5) is 0 Å². The number of rotatable bonds is 5. The van der Waals surface area contributed by atoms with E-state index in [1.807, 2.05) is 24.3 Å². The van der Waals surface area contributed by atoms with Crippen LogP contribution in [-0.2, 0) is 6.54 Å². The van der Waals surface area contributed by atoms with E-state index in [0.29, 0.717) is 6.54 Å². The third-order valence-electron chi connectivity index (χ3n) is 3.46. The first kappa shape index (κ1) is 16.3. The topological polar surface area (TPSA) is 21.3 Å². The molecule has 0 bridgehead atoms. The average Bonchev–Trinajstić information content (AvgIpc) is 2.47. The average molecular weight is 369 g/mol. The lowest BCUT2D eigenvalue weighted by Crippen LogP contribution is -2.19. The van der Waals surface area contributed by atoms with Gasteiger partial charge in [0.05, 0.1) is 7.11 Å². The number of methoxy groups -OCH3 is 1. The van der Waals surface area contributed by atoms with Gasteiger partial charge in [0.1, 0.15) is 5.75 Å². The molecular weight excluding hydrogens is 350 g/mol. The Morgan fingerprint density at radius 1 is 1.24 bits per heavy atom. The predicted octanol–water partition coefficient (Wildman–Crippen LogP) is 5.27. The van der Waals surface area contributed by atoms with Gasteiger partial charge in [-0.15, -0.1) is 0 Å². The zero-order valence-corrected chi connectivity index (χ0v) is 14.8. The molecule has 0 heterocycles. The van der Waals surface area contributed by atoms with Crippen LogP contribution < -0.4 is 10.1 Å². The maximum Gasteiger partial charge on any atom is 0.123 e. The summed E-state index contributed by atoms with van der Waals surface area (Å²) in [7, 11) is 1.70. The standard InChI is InChI=1S/C17H19BrClNO/c1-11-4-7-17(21-3)15(8-11)12(2)20-10-13-9-14(18)5-6-16(13)19/h4-9,12,20H,10H2,1-3H3. The largest absolute Gasteiger partial charge is 0.496 e. The van der Waals surface area contributed by atoms with Crippen LogP contribution >= 0.6 is 27.5 Å². The molecule has 21 heavy (non-hydrogen) atoms. The molecule has 0 saturated carbocycles. The Morgan fingerprint density at radius 3 is 2.71 bits per heavy atom. The summed E-state index contributed by atoms with van der Waals surface area (Å²) in [5.74, 6) is 0.904. The summed E-state index contributed by atoms with van der Waals surface area (Å²) in [5.41, 5.74) is 3.45. The first-order valence-corrected chi connectivity index (χ1v) is 8.00. The van der Waals surface area contributed by atoms with E-state index in [1.54, 1.807) is 7.11 Å². The molecule has 0 aliphatic carbocycles. The minimum absolute atomic E-state index is 0.176. The summed E-state index contributed by atoms with van der Waals surface area (Å²) in [6.07, 6.45) is 0. The number of benzene rings is 2. The monoisotopic (exact) mass is 367 g/mol.